The molecule has 3 nitrogen and oxygen atoms in total. The second-order valence-corrected chi connectivity index (χ2v) is 3.12. The van der Waals surface area contributed by atoms with Crippen LogP contribution in [0.3, 0.4) is 0 Å². The Balaban J connectivity index is 2.25. The van der Waals surface area contributed by atoms with Gasteiger partial charge in [0.05, 0.1) is 11.8 Å². The minimum Gasteiger partial charge on any atom is -0.399 e. The number of rotatable bonds is 1. The molecule has 0 spiro atoms. The Hall–Kier alpha value is -0.830. The molecule has 2 rings (SSSR count). The largest absolute Gasteiger partial charge is 0.399 e. The van der Waals surface area contributed by atoms with Crippen molar-refractivity contribution in [1.82, 2.24) is 0 Å². The van der Waals surface area contributed by atoms with Crippen LogP contribution in [0.15, 0.2) is 17.3 Å². The first-order valence-corrected chi connectivity index (χ1v) is 3.87. The van der Waals surface area contributed by atoms with Gasteiger partial charge in [-0.2, -0.15) is 0 Å². The lowest BCUT2D eigenvalue weighted by atomic mass is 10.0. The predicted molar refractivity (Wildman–Crippen MR) is 43.2 cm³/mol. The first-order valence-electron chi connectivity index (χ1n) is 3.87. The maximum atomic E-state index is 5.89. The molecule has 0 aliphatic heterocycles. The van der Waals surface area contributed by atoms with E-state index in [-0.39, 0.29) is 6.04 Å². The molecule has 0 aromatic heterocycles. The van der Waals surface area contributed by atoms with Crippen molar-refractivity contribution >= 4 is 5.71 Å². The molecule has 3 heteroatoms. The highest BCUT2D eigenvalue weighted by atomic mass is 16.6. The summed E-state index contributed by atoms with van der Waals surface area (Å²) in [6.45, 7) is 0. The third-order valence-electron chi connectivity index (χ3n) is 2.50. The molecule has 3 atom stereocenters. The van der Waals surface area contributed by atoms with E-state index in [0.29, 0.717) is 11.8 Å². The molecule has 1 fully saturated rings. The summed E-state index contributed by atoms with van der Waals surface area (Å²) in [5, 5.41) is 3.93. The Bertz CT molecular complexity index is 222. The van der Waals surface area contributed by atoms with E-state index in [1.165, 1.54) is 0 Å². The number of fused-ring (bicyclic) bond motifs is 2. The summed E-state index contributed by atoms with van der Waals surface area (Å²) >= 11 is 0. The van der Waals surface area contributed by atoms with Crippen molar-refractivity contribution in [3.05, 3.63) is 12.2 Å². The van der Waals surface area contributed by atoms with Crippen molar-refractivity contribution in [2.24, 2.45) is 22.7 Å². The van der Waals surface area contributed by atoms with Crippen molar-refractivity contribution in [3.8, 4) is 0 Å². The van der Waals surface area contributed by atoms with Crippen LogP contribution in [0.4, 0.5) is 0 Å². The van der Waals surface area contributed by atoms with Gasteiger partial charge in [0.2, 0.25) is 0 Å². The van der Waals surface area contributed by atoms with E-state index in [0.717, 1.165) is 12.1 Å². The van der Waals surface area contributed by atoms with Crippen LogP contribution in [0.5, 0.6) is 0 Å². The van der Waals surface area contributed by atoms with Crippen molar-refractivity contribution in [2.45, 2.75) is 12.5 Å². The van der Waals surface area contributed by atoms with E-state index in [4.69, 9.17) is 10.6 Å². The summed E-state index contributed by atoms with van der Waals surface area (Å²) in [4.78, 5) is 4.72. The van der Waals surface area contributed by atoms with Crippen LogP contribution in [0, 0.1) is 11.8 Å². The summed E-state index contributed by atoms with van der Waals surface area (Å²) in [5.41, 5.74) is 6.90. The monoisotopic (exact) mass is 152 g/mol. The summed E-state index contributed by atoms with van der Waals surface area (Å²) in [6.07, 6.45) is 5.49. The van der Waals surface area contributed by atoms with Crippen molar-refractivity contribution in [2.75, 3.05) is 7.11 Å². The molecular formula is C8H12N2O. The fraction of sp³-hybridized carbons (Fsp3) is 0.625. The highest BCUT2D eigenvalue weighted by Crippen LogP contribution is 2.36. The zero-order chi connectivity index (χ0) is 7.84. The molecule has 60 valence electrons. The third-order valence-corrected chi connectivity index (χ3v) is 2.50. The molecule has 0 aromatic carbocycles. The van der Waals surface area contributed by atoms with E-state index in [2.05, 4.69) is 17.3 Å². The average molecular weight is 152 g/mol. The highest BCUT2D eigenvalue weighted by Gasteiger charge is 2.39. The maximum Gasteiger partial charge on any atom is 0.106 e. The third kappa shape index (κ3) is 0.878. The molecule has 0 saturated heterocycles. The molecule has 11 heavy (non-hydrogen) atoms. The lowest BCUT2D eigenvalue weighted by molar-refractivity contribution is 0.211. The Labute approximate surface area is 65.9 Å². The highest BCUT2D eigenvalue weighted by molar-refractivity contribution is 5.96. The minimum absolute atomic E-state index is 0.102. The van der Waals surface area contributed by atoms with Crippen LogP contribution in [-0.2, 0) is 4.84 Å². The van der Waals surface area contributed by atoms with Crippen LogP contribution in [0.25, 0.3) is 0 Å². The van der Waals surface area contributed by atoms with Crippen LogP contribution < -0.4 is 5.73 Å². The van der Waals surface area contributed by atoms with Gasteiger partial charge in [0.25, 0.3) is 0 Å². The van der Waals surface area contributed by atoms with Gasteiger partial charge in [0, 0.05) is 5.92 Å². The number of nitrogens with two attached hydrogens (primary N) is 1. The van der Waals surface area contributed by atoms with E-state index in [1.54, 1.807) is 7.11 Å². The average Bonchev–Trinajstić information content (AvgIpc) is 2.54. The van der Waals surface area contributed by atoms with Gasteiger partial charge >= 0.3 is 0 Å². The predicted octanol–water partition coefficient (Wildman–Crippen LogP) is 0.522. The van der Waals surface area contributed by atoms with Gasteiger partial charge in [0.1, 0.15) is 7.11 Å². The maximum absolute atomic E-state index is 5.89. The molecule has 2 N–H and O–H groups in total. The molecule has 2 bridgehead atoms. The van der Waals surface area contributed by atoms with Crippen molar-refractivity contribution < 1.29 is 4.84 Å². The molecule has 0 amide bonds. The van der Waals surface area contributed by atoms with Gasteiger partial charge in [-0.25, -0.2) is 0 Å². The Morgan fingerprint density at radius 3 is 3.00 bits per heavy atom. The lowest BCUT2D eigenvalue weighted by Crippen LogP contribution is -2.34. The SMILES string of the molecule is CO/N=C1/C2C=CC(C2)C1N. The zero-order valence-corrected chi connectivity index (χ0v) is 6.53. The Kier molecular flexibility index (Phi) is 1.46. The van der Waals surface area contributed by atoms with Crippen molar-refractivity contribution in [1.29, 1.82) is 0 Å². The van der Waals surface area contributed by atoms with Gasteiger partial charge in [0.15, 0.2) is 0 Å². The summed E-state index contributed by atoms with van der Waals surface area (Å²) in [5.74, 6) is 0.962. The van der Waals surface area contributed by atoms with Gasteiger partial charge in [-0.15, -0.1) is 0 Å². The first-order chi connectivity index (χ1) is 5.33. The summed E-state index contributed by atoms with van der Waals surface area (Å²) < 4.78 is 0. The fourth-order valence-electron chi connectivity index (χ4n) is 1.91. The zero-order valence-electron chi connectivity index (χ0n) is 6.53. The van der Waals surface area contributed by atoms with Gasteiger partial charge in [-0.05, 0) is 12.3 Å². The summed E-state index contributed by atoms with van der Waals surface area (Å²) in [7, 11) is 1.56. The molecule has 0 radical (unpaired) electrons. The van der Waals surface area contributed by atoms with Gasteiger partial charge < -0.3 is 10.6 Å². The van der Waals surface area contributed by atoms with Crippen LogP contribution >= 0.6 is 0 Å². The second kappa shape index (κ2) is 2.34. The van der Waals surface area contributed by atoms with Gasteiger partial charge in [-0.3, -0.25) is 0 Å². The molecular weight excluding hydrogens is 140 g/mol. The molecule has 1 saturated carbocycles. The number of oxime groups is 1. The number of nitrogens with zero attached hydrogens (tertiary/aromatic N) is 1. The van der Waals surface area contributed by atoms with Crippen LogP contribution in [0.2, 0.25) is 0 Å². The van der Waals surface area contributed by atoms with E-state index in [1.807, 2.05) is 0 Å². The Morgan fingerprint density at radius 2 is 2.45 bits per heavy atom. The van der Waals surface area contributed by atoms with Crippen LogP contribution in [0.1, 0.15) is 6.42 Å². The summed E-state index contributed by atoms with van der Waals surface area (Å²) in [6, 6.07) is 0.102. The molecule has 2 aliphatic rings. The van der Waals surface area contributed by atoms with Crippen molar-refractivity contribution in [3.63, 3.8) is 0 Å². The van der Waals surface area contributed by atoms with Gasteiger partial charge in [-0.1, -0.05) is 17.3 Å². The first kappa shape index (κ1) is 6.85. The normalized spacial score (nSPS) is 43.8. The van der Waals surface area contributed by atoms with E-state index >= 15 is 0 Å². The quantitative estimate of drug-likeness (QED) is 0.440. The van der Waals surface area contributed by atoms with E-state index in [9.17, 15) is 0 Å². The fourth-order valence-corrected chi connectivity index (χ4v) is 1.91. The Morgan fingerprint density at radius 1 is 1.64 bits per heavy atom. The second-order valence-electron chi connectivity index (χ2n) is 3.12. The number of hydrogen-bond donors (Lipinski definition) is 1. The topological polar surface area (TPSA) is 47.6 Å². The molecule has 0 heterocycles. The minimum atomic E-state index is 0.102. The van der Waals surface area contributed by atoms with Crippen LogP contribution in [-0.4, -0.2) is 18.9 Å². The molecule has 3 unspecified atom stereocenters. The molecule has 2 aliphatic carbocycles. The number of hydrogen-bond acceptors (Lipinski definition) is 3. The van der Waals surface area contributed by atoms with E-state index < -0.39 is 0 Å². The lowest BCUT2D eigenvalue weighted by Gasteiger charge is -2.13. The number of allylic oxidation sites excluding steroid dienone is 1. The smallest absolute Gasteiger partial charge is 0.106 e. The standard InChI is InChI=1S/C8H12N2O/c1-11-10-8-6-3-2-5(4-6)7(8)9/h2-3,5-7H,4,9H2,1H3/b10-8-. The molecule has 0 aromatic rings.